The number of hydrogen-bond donors (Lipinski definition) is 4. The van der Waals surface area contributed by atoms with Gasteiger partial charge in [0, 0.05) is 0 Å². The van der Waals surface area contributed by atoms with Crippen LogP contribution in [0.25, 0.3) is 11.4 Å². The molecule has 0 radical (unpaired) electrons. The van der Waals surface area contributed by atoms with E-state index >= 15 is 0 Å². The Labute approximate surface area is 176 Å². The summed E-state index contributed by atoms with van der Waals surface area (Å²) in [7, 11) is 0. The molecular formula is C21H24N2O5Se. The van der Waals surface area contributed by atoms with Crippen molar-refractivity contribution in [3.05, 3.63) is 70.8 Å². The summed E-state index contributed by atoms with van der Waals surface area (Å²) in [5.41, 5.74) is 1.95. The van der Waals surface area contributed by atoms with E-state index in [2.05, 4.69) is 15.6 Å². The molecule has 7 nitrogen and oxygen atoms in total. The van der Waals surface area contributed by atoms with E-state index in [4.69, 9.17) is 9.84 Å². The Morgan fingerprint density at radius 2 is 1.62 bits per heavy atom. The van der Waals surface area contributed by atoms with Gasteiger partial charge in [-0.3, -0.25) is 0 Å². The Morgan fingerprint density at radius 3 is 2.21 bits per heavy atom. The zero-order chi connectivity index (χ0) is 21.0. The Kier molecular flexibility index (Phi) is 7.08. The molecule has 0 saturated heterocycles. The average molecular weight is 463 g/mol. The van der Waals surface area contributed by atoms with E-state index in [1.807, 2.05) is 66.1 Å². The molecule has 4 N–H and O–H groups in total. The first-order valence-electron chi connectivity index (χ1n) is 9.26. The summed E-state index contributed by atoms with van der Waals surface area (Å²) < 4.78 is 9.74. The van der Waals surface area contributed by atoms with Crippen LogP contribution >= 0.6 is 0 Å². The van der Waals surface area contributed by atoms with Crippen LogP contribution in [0, 0.1) is 4.32 Å². The third-order valence-corrected chi connectivity index (χ3v) is 5.36. The fourth-order valence-electron chi connectivity index (χ4n) is 3.06. The molecule has 3 aromatic rings. The number of hydrogen-bond acceptors (Lipinski definition) is 5. The molecule has 0 fully saturated rings. The second-order valence-corrected chi connectivity index (χ2v) is 7.26. The van der Waals surface area contributed by atoms with Crippen molar-refractivity contribution in [3.8, 4) is 17.1 Å². The molecular weight excluding hydrogens is 439 g/mol. The van der Waals surface area contributed by atoms with E-state index < -0.39 is 24.9 Å². The van der Waals surface area contributed by atoms with Gasteiger partial charge in [0.15, 0.2) is 0 Å². The van der Waals surface area contributed by atoms with Gasteiger partial charge in [0.25, 0.3) is 0 Å². The van der Waals surface area contributed by atoms with E-state index in [1.54, 1.807) is 10.8 Å². The van der Waals surface area contributed by atoms with Gasteiger partial charge in [-0.15, -0.1) is 0 Å². The van der Waals surface area contributed by atoms with Gasteiger partial charge in [-0.2, -0.15) is 0 Å². The Balaban J connectivity index is 2.12. The van der Waals surface area contributed by atoms with Crippen LogP contribution in [0.4, 0.5) is 0 Å². The van der Waals surface area contributed by atoms with Crippen molar-refractivity contribution in [2.45, 2.75) is 25.2 Å². The van der Waals surface area contributed by atoms with Gasteiger partial charge in [0.1, 0.15) is 0 Å². The summed E-state index contributed by atoms with van der Waals surface area (Å²) in [5, 5.41) is 39.9. The molecule has 0 amide bonds. The van der Waals surface area contributed by atoms with Gasteiger partial charge < -0.3 is 0 Å². The van der Waals surface area contributed by atoms with E-state index in [-0.39, 0.29) is 0 Å². The van der Waals surface area contributed by atoms with Crippen LogP contribution < -0.4 is 4.74 Å². The molecule has 0 aliphatic heterocycles. The molecule has 0 saturated carbocycles. The molecule has 29 heavy (non-hydrogen) atoms. The van der Waals surface area contributed by atoms with Crippen LogP contribution in [0.2, 0.25) is 0 Å². The first-order chi connectivity index (χ1) is 14.0. The predicted molar refractivity (Wildman–Crippen MR) is 109 cm³/mol. The number of imidazole rings is 1. The van der Waals surface area contributed by atoms with E-state index in [9.17, 15) is 15.3 Å². The van der Waals surface area contributed by atoms with Gasteiger partial charge in [-0.1, -0.05) is 0 Å². The number of benzene rings is 2. The van der Waals surface area contributed by atoms with Gasteiger partial charge in [0.2, 0.25) is 0 Å². The van der Waals surface area contributed by atoms with Crippen LogP contribution in [-0.4, -0.2) is 70.6 Å². The molecule has 1 aromatic heterocycles. The number of aromatic nitrogens is 2. The molecule has 154 valence electrons. The summed E-state index contributed by atoms with van der Waals surface area (Å²) >= 11 is 3.02. The van der Waals surface area contributed by atoms with Crippen LogP contribution in [0.3, 0.4) is 0 Å². The Hall–Kier alpha value is -2.19. The van der Waals surface area contributed by atoms with Crippen LogP contribution in [0.15, 0.2) is 60.8 Å². The van der Waals surface area contributed by atoms with E-state index in [0.717, 1.165) is 17.1 Å². The average Bonchev–Trinajstić information content (AvgIpc) is 3.10. The first-order valence-corrected chi connectivity index (χ1v) is 10.1. The normalized spacial score (nSPS) is 14.4. The molecule has 2 aromatic carbocycles. The Morgan fingerprint density at radius 1 is 0.966 bits per heavy atom. The molecule has 0 aliphatic carbocycles. The number of rotatable bonds is 8. The molecule has 1 heterocycles. The fraction of sp³-hybridized carbons (Fsp3) is 0.286. The molecule has 0 bridgehead atoms. The number of ether oxygens (including phenoxy) is 1. The topological polar surface area (TPSA) is 100 Å². The number of nitrogens with zero attached hydrogens (tertiary/aromatic N) is 2. The monoisotopic (exact) mass is 464 g/mol. The molecule has 3 rings (SSSR count). The van der Waals surface area contributed by atoms with Crippen molar-refractivity contribution >= 4 is 15.6 Å². The summed E-state index contributed by atoms with van der Waals surface area (Å²) in [6, 6.07) is 16.8. The minimum absolute atomic E-state index is 0.360. The van der Waals surface area contributed by atoms with Gasteiger partial charge in [-0.05, 0) is 0 Å². The van der Waals surface area contributed by atoms with Crippen molar-refractivity contribution in [2.24, 2.45) is 0 Å². The second kappa shape index (κ2) is 9.54. The van der Waals surface area contributed by atoms with Crippen molar-refractivity contribution in [1.29, 1.82) is 0 Å². The predicted octanol–water partition coefficient (Wildman–Crippen LogP) is 1.11. The van der Waals surface area contributed by atoms with Crippen molar-refractivity contribution in [3.63, 3.8) is 0 Å². The maximum atomic E-state index is 10.7. The molecule has 0 unspecified atom stereocenters. The Bertz CT molecular complexity index is 985. The van der Waals surface area contributed by atoms with Gasteiger partial charge in [-0.25, -0.2) is 0 Å². The molecule has 0 spiro atoms. The van der Waals surface area contributed by atoms with Gasteiger partial charge in [0.05, 0.1) is 0 Å². The summed E-state index contributed by atoms with van der Waals surface area (Å²) in [6.07, 6.45) is -2.75. The third kappa shape index (κ3) is 4.53. The second-order valence-electron chi connectivity index (χ2n) is 6.49. The summed E-state index contributed by atoms with van der Waals surface area (Å²) in [6.45, 7) is 1.83. The van der Waals surface area contributed by atoms with Crippen LogP contribution in [-0.2, 0) is 0 Å². The standard InChI is InChI=1S/C21H24N2O5Se/c1-2-28-16-10-8-14(9-11-16)22-12-17(19(26)20(27)18(25)13-24)23(21(22)29)15-6-4-3-5-7-15/h3-12,18-20,24-27H,2,13H2,1H3/t18-,19-,20-/m1/s1. The summed E-state index contributed by atoms with van der Waals surface area (Å²) in [4.78, 5) is 0. The van der Waals surface area contributed by atoms with Crippen LogP contribution in [0.1, 0.15) is 18.7 Å². The summed E-state index contributed by atoms with van der Waals surface area (Å²) in [5.74, 6) is 0.753. The van der Waals surface area contributed by atoms with Gasteiger partial charge >= 0.3 is 176 Å². The molecule has 0 aliphatic rings. The minimum atomic E-state index is -1.55. The third-order valence-electron chi connectivity index (χ3n) is 4.57. The zero-order valence-corrected chi connectivity index (χ0v) is 17.6. The van der Waals surface area contributed by atoms with E-state index in [0.29, 0.717) is 16.6 Å². The van der Waals surface area contributed by atoms with Crippen LogP contribution in [0.5, 0.6) is 5.75 Å². The van der Waals surface area contributed by atoms with E-state index in [1.165, 1.54) is 0 Å². The van der Waals surface area contributed by atoms with Crippen molar-refractivity contribution < 1.29 is 25.2 Å². The zero-order valence-electron chi connectivity index (χ0n) is 15.9. The van der Waals surface area contributed by atoms with Crippen molar-refractivity contribution in [2.75, 3.05) is 13.2 Å². The number of para-hydroxylation sites is 1. The fourth-order valence-corrected chi connectivity index (χ4v) is 3.83. The SMILES string of the molecule is CCOc1ccc(-n2cc([C@@H](O)[C@H](O)[C@H](O)CO)n(-c3ccccc3)c2=[Se])cc1. The maximum absolute atomic E-state index is 10.7. The molecule has 3 atom stereocenters. The quantitative estimate of drug-likeness (QED) is 0.375. The molecule has 8 heteroatoms. The first kappa shape index (κ1) is 21.5. The van der Waals surface area contributed by atoms with Crippen molar-refractivity contribution in [1.82, 2.24) is 9.13 Å². The number of aliphatic hydroxyl groups excluding tert-OH is 4. The number of aliphatic hydroxyl groups is 4.